The lowest BCUT2D eigenvalue weighted by molar-refractivity contribution is -0.139. The molecular weight excluding hydrogens is 396 g/mol. The molecule has 3 saturated heterocycles. The number of urea groups is 1. The lowest BCUT2D eigenvalue weighted by Crippen LogP contribution is -2.60. The smallest absolute Gasteiger partial charge is 0.332 e. The quantitative estimate of drug-likeness (QED) is 0.551. The molecule has 1 aromatic carbocycles. The number of nitrogens with two attached hydrogens (primary N) is 1. The number of primary amides is 1. The van der Waals surface area contributed by atoms with Crippen LogP contribution in [0.25, 0.3) is 0 Å². The first-order valence-electron chi connectivity index (χ1n) is 11.3. The zero-order chi connectivity index (χ0) is 21.6. The molecule has 3 aliphatic heterocycles. The van der Waals surface area contributed by atoms with Crippen LogP contribution in [0.2, 0.25) is 0 Å². The third-order valence-electron chi connectivity index (χ3n) is 7.62. The van der Waals surface area contributed by atoms with Gasteiger partial charge in [-0.3, -0.25) is 14.5 Å². The Morgan fingerprint density at radius 1 is 1.00 bits per heavy atom. The number of anilines is 1. The number of carbonyl (C=O) groups excluding carboxylic acids is 3. The summed E-state index contributed by atoms with van der Waals surface area (Å²) in [6, 6.07) is 7.32. The third-order valence-corrected chi connectivity index (χ3v) is 7.62. The number of nitrogens with zero attached hydrogens (tertiary/aromatic N) is 3. The fraction of sp³-hybridized carbons (Fsp3) is 0.609. The molecule has 1 atom stereocenters. The zero-order valence-electron chi connectivity index (χ0n) is 17.8. The van der Waals surface area contributed by atoms with Crippen LogP contribution in [-0.2, 0) is 19.7 Å². The van der Waals surface area contributed by atoms with Crippen molar-refractivity contribution in [2.75, 3.05) is 44.3 Å². The summed E-state index contributed by atoms with van der Waals surface area (Å²) in [6.07, 6.45) is 5.20. The maximum absolute atomic E-state index is 13.2. The second-order valence-corrected chi connectivity index (χ2v) is 9.29. The van der Waals surface area contributed by atoms with Crippen LogP contribution in [-0.4, -0.2) is 72.6 Å². The number of morpholine rings is 1. The van der Waals surface area contributed by atoms with E-state index in [1.807, 2.05) is 24.3 Å². The minimum absolute atomic E-state index is 0.196. The molecule has 0 aromatic heterocycles. The molecule has 5 rings (SSSR count). The van der Waals surface area contributed by atoms with Gasteiger partial charge in [-0.2, -0.15) is 0 Å². The Labute approximate surface area is 182 Å². The molecule has 31 heavy (non-hydrogen) atoms. The van der Waals surface area contributed by atoms with E-state index in [0.29, 0.717) is 25.1 Å². The van der Waals surface area contributed by atoms with Gasteiger partial charge in [-0.15, -0.1) is 0 Å². The summed E-state index contributed by atoms with van der Waals surface area (Å²) in [6.45, 7) is 5.04. The van der Waals surface area contributed by atoms with E-state index in [2.05, 4.69) is 4.90 Å². The van der Waals surface area contributed by atoms with Crippen molar-refractivity contribution in [3.8, 4) is 0 Å². The summed E-state index contributed by atoms with van der Waals surface area (Å²) in [7, 11) is 0. The average Bonchev–Trinajstić information content (AvgIpc) is 3.55. The molecule has 8 nitrogen and oxygen atoms in total. The summed E-state index contributed by atoms with van der Waals surface area (Å²) in [5, 5.41) is 0. The number of piperidine rings is 1. The third kappa shape index (κ3) is 3.24. The molecule has 0 radical (unpaired) electrons. The lowest BCUT2D eigenvalue weighted by Gasteiger charge is -2.35. The van der Waals surface area contributed by atoms with Crippen molar-refractivity contribution >= 4 is 23.5 Å². The normalized spacial score (nSPS) is 28.0. The minimum Gasteiger partial charge on any atom is -0.379 e. The van der Waals surface area contributed by atoms with Gasteiger partial charge in [0.1, 0.15) is 0 Å². The predicted molar refractivity (Wildman–Crippen MR) is 115 cm³/mol. The van der Waals surface area contributed by atoms with Gasteiger partial charge in [0.25, 0.3) is 11.8 Å². The van der Waals surface area contributed by atoms with E-state index in [1.165, 1.54) is 10.5 Å². The maximum Gasteiger partial charge on any atom is 0.332 e. The van der Waals surface area contributed by atoms with E-state index in [4.69, 9.17) is 10.5 Å². The molecule has 4 fully saturated rings. The zero-order valence-corrected chi connectivity index (χ0v) is 17.8. The summed E-state index contributed by atoms with van der Waals surface area (Å²) < 4.78 is 5.43. The Balaban J connectivity index is 1.33. The van der Waals surface area contributed by atoms with Crippen LogP contribution in [0.15, 0.2) is 24.3 Å². The van der Waals surface area contributed by atoms with Gasteiger partial charge in [-0.05, 0) is 68.2 Å². The Kier molecular flexibility index (Phi) is 5.01. The second-order valence-electron chi connectivity index (χ2n) is 9.29. The van der Waals surface area contributed by atoms with Crippen LogP contribution in [0.4, 0.5) is 10.5 Å². The van der Waals surface area contributed by atoms with Gasteiger partial charge < -0.3 is 15.4 Å². The van der Waals surface area contributed by atoms with Crippen molar-refractivity contribution in [3.05, 3.63) is 29.8 Å². The van der Waals surface area contributed by atoms with E-state index < -0.39 is 23.4 Å². The van der Waals surface area contributed by atoms with Gasteiger partial charge >= 0.3 is 6.03 Å². The second kappa shape index (κ2) is 7.60. The Morgan fingerprint density at radius 3 is 2.32 bits per heavy atom. The van der Waals surface area contributed by atoms with Gasteiger partial charge in [0.2, 0.25) is 5.54 Å². The van der Waals surface area contributed by atoms with Crippen LogP contribution >= 0.6 is 0 Å². The fourth-order valence-electron chi connectivity index (χ4n) is 5.43. The van der Waals surface area contributed by atoms with Crippen molar-refractivity contribution in [1.29, 1.82) is 0 Å². The number of rotatable bonds is 6. The standard InChI is InChI=1S/C23H30N4O4/c24-19(28)23-7-1-2-11-26(23)21(30)27(20(23)29)18-5-3-17(4-6-18)22(8-9-22)10-12-25-13-15-31-16-14-25/h3-6H,1-2,7-16H2,(H2,24,28)/t23-/m0/s1. The number of hydrogen-bond donors (Lipinski definition) is 1. The molecular formula is C23H30N4O4. The molecule has 1 aliphatic carbocycles. The number of ether oxygens (including phenoxy) is 1. The monoisotopic (exact) mass is 426 g/mol. The van der Waals surface area contributed by atoms with E-state index in [0.717, 1.165) is 63.4 Å². The van der Waals surface area contributed by atoms with Crippen LogP contribution in [0.3, 0.4) is 0 Å². The molecule has 3 heterocycles. The molecule has 1 aromatic rings. The molecule has 2 N–H and O–H groups in total. The minimum atomic E-state index is -1.52. The molecule has 0 spiro atoms. The summed E-state index contributed by atoms with van der Waals surface area (Å²) in [5.74, 6) is -1.24. The Hall–Kier alpha value is -2.45. The molecule has 0 bridgehead atoms. The van der Waals surface area contributed by atoms with Crippen molar-refractivity contribution in [3.63, 3.8) is 0 Å². The Morgan fingerprint density at radius 2 is 1.71 bits per heavy atom. The number of carbonyl (C=O) groups is 3. The van der Waals surface area contributed by atoms with E-state index in [9.17, 15) is 14.4 Å². The van der Waals surface area contributed by atoms with Gasteiger partial charge in [0, 0.05) is 19.6 Å². The fourth-order valence-corrected chi connectivity index (χ4v) is 5.43. The maximum atomic E-state index is 13.2. The lowest BCUT2D eigenvalue weighted by atomic mass is 9.86. The first-order valence-corrected chi connectivity index (χ1v) is 11.3. The highest BCUT2D eigenvalue weighted by molar-refractivity contribution is 6.30. The van der Waals surface area contributed by atoms with Gasteiger partial charge in [0.05, 0.1) is 18.9 Å². The predicted octanol–water partition coefficient (Wildman–Crippen LogP) is 1.62. The summed E-state index contributed by atoms with van der Waals surface area (Å²) in [5.41, 5.74) is 6.07. The average molecular weight is 427 g/mol. The number of benzene rings is 1. The highest BCUT2D eigenvalue weighted by Crippen LogP contribution is 2.51. The SMILES string of the molecule is NC(=O)[C@]12CCCCN1C(=O)N(c1ccc(C3(CCN4CCOCC4)CC3)cc1)C2=O. The highest BCUT2D eigenvalue weighted by Gasteiger charge is 2.62. The van der Waals surface area contributed by atoms with Crippen LogP contribution in [0.5, 0.6) is 0 Å². The van der Waals surface area contributed by atoms with Gasteiger partial charge in [-0.25, -0.2) is 9.69 Å². The molecule has 4 aliphatic rings. The first kappa shape index (κ1) is 20.5. The number of imide groups is 1. The molecule has 166 valence electrons. The van der Waals surface area contributed by atoms with Crippen LogP contribution in [0.1, 0.15) is 44.1 Å². The van der Waals surface area contributed by atoms with Crippen molar-refractivity contribution < 1.29 is 19.1 Å². The van der Waals surface area contributed by atoms with E-state index in [-0.39, 0.29) is 5.41 Å². The number of hydrogen-bond acceptors (Lipinski definition) is 5. The summed E-state index contributed by atoms with van der Waals surface area (Å²) in [4.78, 5) is 43.5. The highest BCUT2D eigenvalue weighted by atomic mass is 16.5. The summed E-state index contributed by atoms with van der Waals surface area (Å²) >= 11 is 0. The first-order chi connectivity index (χ1) is 15.0. The number of amides is 4. The van der Waals surface area contributed by atoms with Crippen molar-refractivity contribution in [1.82, 2.24) is 9.80 Å². The van der Waals surface area contributed by atoms with Crippen LogP contribution < -0.4 is 10.6 Å². The van der Waals surface area contributed by atoms with Gasteiger partial charge in [0.15, 0.2) is 0 Å². The van der Waals surface area contributed by atoms with E-state index >= 15 is 0 Å². The van der Waals surface area contributed by atoms with Crippen molar-refractivity contribution in [2.24, 2.45) is 5.73 Å². The van der Waals surface area contributed by atoms with E-state index in [1.54, 1.807) is 0 Å². The van der Waals surface area contributed by atoms with Gasteiger partial charge in [-0.1, -0.05) is 12.1 Å². The topological polar surface area (TPSA) is 96.2 Å². The molecule has 8 heteroatoms. The molecule has 0 unspecified atom stereocenters. The Bertz CT molecular complexity index is 891. The van der Waals surface area contributed by atoms with Crippen molar-refractivity contribution in [2.45, 2.75) is 49.5 Å². The molecule has 1 saturated carbocycles. The number of fused-ring (bicyclic) bond motifs is 1. The largest absolute Gasteiger partial charge is 0.379 e. The molecule has 4 amide bonds. The van der Waals surface area contributed by atoms with Crippen LogP contribution in [0, 0.1) is 0 Å².